The van der Waals surface area contributed by atoms with Crippen molar-refractivity contribution in [1.82, 2.24) is 4.57 Å². The van der Waals surface area contributed by atoms with Gasteiger partial charge < -0.3 is 5.11 Å². The molecule has 4 nitrogen and oxygen atoms in total. The van der Waals surface area contributed by atoms with Crippen LogP contribution < -0.4 is 5.56 Å². The lowest BCUT2D eigenvalue weighted by Gasteiger charge is -2.14. The second-order valence-corrected chi connectivity index (χ2v) is 5.63. The molecule has 0 atom stereocenters. The van der Waals surface area contributed by atoms with Crippen LogP contribution in [0.5, 0.6) is 0 Å². The summed E-state index contributed by atoms with van der Waals surface area (Å²) in [7, 11) is 0. The molecule has 0 amide bonds. The van der Waals surface area contributed by atoms with E-state index in [9.17, 15) is 14.7 Å². The zero-order chi connectivity index (χ0) is 15.0. The van der Waals surface area contributed by atoms with Gasteiger partial charge >= 0.3 is 5.97 Å². The molecule has 104 valence electrons. The minimum atomic E-state index is -1.06. The maximum absolute atomic E-state index is 12.1. The van der Waals surface area contributed by atoms with Crippen LogP contribution in [0.1, 0.15) is 21.6 Å². The average molecular weight is 357 g/mol. The van der Waals surface area contributed by atoms with Crippen molar-refractivity contribution < 1.29 is 9.90 Å². The minimum absolute atomic E-state index is 0.128. The van der Waals surface area contributed by atoms with Gasteiger partial charge in [0.2, 0.25) is 0 Å². The number of aromatic nitrogens is 1. The first kappa shape index (κ1) is 14.8. The summed E-state index contributed by atoms with van der Waals surface area (Å²) in [5.74, 6) is -1.06. The lowest BCUT2D eigenvalue weighted by atomic mass is 10.1. The van der Waals surface area contributed by atoms with Crippen LogP contribution in [0, 0.1) is 13.8 Å². The van der Waals surface area contributed by atoms with Crippen LogP contribution in [-0.4, -0.2) is 15.6 Å². The van der Waals surface area contributed by atoms with Crippen molar-refractivity contribution >= 4 is 33.5 Å². The maximum Gasteiger partial charge on any atom is 0.337 e. The Labute approximate surface area is 128 Å². The van der Waals surface area contributed by atoms with Gasteiger partial charge in [-0.1, -0.05) is 11.6 Å². The highest BCUT2D eigenvalue weighted by molar-refractivity contribution is 9.10. The van der Waals surface area contributed by atoms with E-state index in [0.717, 1.165) is 0 Å². The number of carbonyl (C=O) groups is 1. The Kier molecular flexibility index (Phi) is 4.01. The van der Waals surface area contributed by atoms with Crippen molar-refractivity contribution in [2.75, 3.05) is 0 Å². The summed E-state index contributed by atoms with van der Waals surface area (Å²) in [4.78, 5) is 23.5. The Bertz CT molecular complexity index is 768. The predicted octanol–water partition coefficient (Wildman–Crippen LogP) is 3.57. The van der Waals surface area contributed by atoms with E-state index in [4.69, 9.17) is 11.6 Å². The van der Waals surface area contributed by atoms with Gasteiger partial charge in [0.05, 0.1) is 16.3 Å². The van der Waals surface area contributed by atoms with Crippen molar-refractivity contribution in [3.8, 4) is 5.69 Å². The Balaban J connectivity index is 2.80. The highest BCUT2D eigenvalue weighted by Crippen LogP contribution is 2.25. The number of rotatable bonds is 2. The molecule has 2 rings (SSSR count). The molecule has 1 aromatic heterocycles. The fourth-order valence-electron chi connectivity index (χ4n) is 2.15. The predicted molar refractivity (Wildman–Crippen MR) is 81.2 cm³/mol. The summed E-state index contributed by atoms with van der Waals surface area (Å²) in [6.07, 6.45) is 0. The van der Waals surface area contributed by atoms with Gasteiger partial charge in [-0.05, 0) is 53.5 Å². The minimum Gasteiger partial charge on any atom is -0.478 e. The molecule has 2 aromatic rings. The Morgan fingerprint density at radius 3 is 2.50 bits per heavy atom. The van der Waals surface area contributed by atoms with Crippen LogP contribution in [-0.2, 0) is 0 Å². The molecule has 0 spiro atoms. The molecule has 6 heteroatoms. The average Bonchev–Trinajstić information content (AvgIpc) is 2.32. The third kappa shape index (κ3) is 2.51. The van der Waals surface area contributed by atoms with E-state index >= 15 is 0 Å². The molecule has 0 aliphatic carbocycles. The smallest absolute Gasteiger partial charge is 0.337 e. The van der Waals surface area contributed by atoms with Crippen LogP contribution in [0.15, 0.2) is 33.5 Å². The van der Waals surface area contributed by atoms with E-state index in [-0.39, 0.29) is 11.1 Å². The van der Waals surface area contributed by atoms with Crippen molar-refractivity contribution in [3.05, 3.63) is 60.9 Å². The second kappa shape index (κ2) is 5.42. The highest BCUT2D eigenvalue weighted by atomic mass is 79.9. The Morgan fingerprint density at radius 1 is 1.30 bits per heavy atom. The standard InChI is InChI=1S/C14H11BrClNO3/c1-7-5-12(18)17(8(2)13(7)14(19)20)9-3-4-10(15)11(16)6-9/h3-6H,1-2H3,(H,19,20). The number of carboxylic acid groups (broad SMARTS) is 1. The van der Waals surface area contributed by atoms with Gasteiger partial charge in [-0.25, -0.2) is 4.79 Å². The molecule has 1 N–H and O–H groups in total. The number of hydrogen-bond donors (Lipinski definition) is 1. The number of aryl methyl sites for hydroxylation is 1. The number of hydrogen-bond acceptors (Lipinski definition) is 2. The van der Waals surface area contributed by atoms with E-state index < -0.39 is 5.97 Å². The third-order valence-corrected chi connectivity index (χ3v) is 4.26. The topological polar surface area (TPSA) is 59.3 Å². The van der Waals surface area contributed by atoms with Crippen molar-refractivity contribution in [2.45, 2.75) is 13.8 Å². The molecular weight excluding hydrogens is 346 g/mol. The fraction of sp³-hybridized carbons (Fsp3) is 0.143. The van der Waals surface area contributed by atoms with Gasteiger partial charge in [-0.2, -0.15) is 0 Å². The molecule has 0 saturated carbocycles. The Hall–Kier alpha value is -1.59. The Morgan fingerprint density at radius 2 is 1.95 bits per heavy atom. The first-order chi connectivity index (χ1) is 9.32. The molecule has 0 unspecified atom stereocenters. The number of nitrogens with zero attached hydrogens (tertiary/aromatic N) is 1. The normalized spacial score (nSPS) is 10.6. The van der Waals surface area contributed by atoms with Crippen LogP contribution >= 0.6 is 27.5 Å². The summed E-state index contributed by atoms with van der Waals surface area (Å²) in [5.41, 5.74) is 1.19. The first-order valence-corrected chi connectivity index (χ1v) is 6.92. The van der Waals surface area contributed by atoms with E-state index in [2.05, 4.69) is 15.9 Å². The van der Waals surface area contributed by atoms with Gasteiger partial charge in [-0.15, -0.1) is 0 Å². The molecule has 0 bridgehead atoms. The molecular formula is C14H11BrClNO3. The molecule has 0 saturated heterocycles. The number of benzene rings is 1. The molecule has 0 aliphatic rings. The van der Waals surface area contributed by atoms with E-state index in [1.54, 1.807) is 32.0 Å². The molecule has 0 aliphatic heterocycles. The van der Waals surface area contributed by atoms with Crippen molar-refractivity contribution in [1.29, 1.82) is 0 Å². The molecule has 20 heavy (non-hydrogen) atoms. The summed E-state index contributed by atoms with van der Waals surface area (Å²) in [6.45, 7) is 3.21. The van der Waals surface area contributed by atoms with Crippen LogP contribution in [0.3, 0.4) is 0 Å². The number of halogens is 2. The number of carboxylic acids is 1. The molecule has 0 fully saturated rings. The summed E-state index contributed by atoms with van der Waals surface area (Å²) in [5, 5.41) is 9.71. The molecule has 1 aromatic carbocycles. The van der Waals surface area contributed by atoms with E-state index in [1.165, 1.54) is 10.6 Å². The van der Waals surface area contributed by atoms with Crippen LogP contribution in [0.25, 0.3) is 5.69 Å². The maximum atomic E-state index is 12.1. The second-order valence-electron chi connectivity index (χ2n) is 4.36. The monoisotopic (exact) mass is 355 g/mol. The van der Waals surface area contributed by atoms with Gasteiger partial charge in [0.1, 0.15) is 0 Å². The van der Waals surface area contributed by atoms with Gasteiger partial charge in [-0.3, -0.25) is 9.36 Å². The SMILES string of the molecule is Cc1cc(=O)n(-c2ccc(Br)c(Cl)c2)c(C)c1C(=O)O. The highest BCUT2D eigenvalue weighted by Gasteiger charge is 2.17. The fourth-order valence-corrected chi connectivity index (χ4v) is 2.57. The van der Waals surface area contributed by atoms with Crippen LogP contribution in [0.4, 0.5) is 0 Å². The van der Waals surface area contributed by atoms with Gasteiger partial charge in [0.25, 0.3) is 5.56 Å². The van der Waals surface area contributed by atoms with E-state index in [0.29, 0.717) is 26.4 Å². The summed E-state index contributed by atoms with van der Waals surface area (Å²) >= 11 is 9.30. The molecule has 1 heterocycles. The number of pyridine rings is 1. The van der Waals surface area contributed by atoms with Crippen LogP contribution in [0.2, 0.25) is 5.02 Å². The molecule has 0 radical (unpaired) electrons. The summed E-state index contributed by atoms with van der Waals surface area (Å²) < 4.78 is 2.05. The zero-order valence-electron chi connectivity index (χ0n) is 10.8. The van der Waals surface area contributed by atoms with Gasteiger partial charge in [0, 0.05) is 16.2 Å². The quantitative estimate of drug-likeness (QED) is 0.895. The van der Waals surface area contributed by atoms with E-state index in [1.807, 2.05) is 0 Å². The van der Waals surface area contributed by atoms with Gasteiger partial charge in [0.15, 0.2) is 0 Å². The van der Waals surface area contributed by atoms with Crippen molar-refractivity contribution in [2.24, 2.45) is 0 Å². The zero-order valence-corrected chi connectivity index (χ0v) is 13.1. The number of aromatic carboxylic acids is 1. The summed E-state index contributed by atoms with van der Waals surface area (Å²) in [6, 6.07) is 6.34. The lowest BCUT2D eigenvalue weighted by Crippen LogP contribution is -2.24. The van der Waals surface area contributed by atoms with Crippen molar-refractivity contribution in [3.63, 3.8) is 0 Å². The first-order valence-electron chi connectivity index (χ1n) is 5.75. The largest absolute Gasteiger partial charge is 0.478 e. The lowest BCUT2D eigenvalue weighted by molar-refractivity contribution is 0.0694. The third-order valence-electron chi connectivity index (χ3n) is 3.03.